The highest BCUT2D eigenvalue weighted by Crippen LogP contribution is 2.09. The standard InChI is InChI=1S/C14H19N3O4/c1-21-13(19)3-2-12(18)16-6-8-17(9-7-16)14(20)11-4-5-15-10-11/h4-5,10,15H,2-3,6-9H2,1H3. The Morgan fingerprint density at radius 2 is 1.81 bits per heavy atom. The van der Waals surface area contributed by atoms with Gasteiger partial charge in [-0.2, -0.15) is 0 Å². The quantitative estimate of drug-likeness (QED) is 0.807. The molecule has 0 aliphatic carbocycles. The van der Waals surface area contributed by atoms with Gasteiger partial charge < -0.3 is 19.5 Å². The van der Waals surface area contributed by atoms with Gasteiger partial charge >= 0.3 is 5.97 Å². The van der Waals surface area contributed by atoms with Crippen LogP contribution in [0.1, 0.15) is 23.2 Å². The van der Waals surface area contributed by atoms with Gasteiger partial charge in [-0.15, -0.1) is 0 Å². The lowest BCUT2D eigenvalue weighted by molar-refractivity contribution is -0.143. The summed E-state index contributed by atoms with van der Waals surface area (Å²) in [7, 11) is 1.30. The summed E-state index contributed by atoms with van der Waals surface area (Å²) in [6.07, 6.45) is 3.62. The van der Waals surface area contributed by atoms with E-state index >= 15 is 0 Å². The third-order valence-electron chi connectivity index (χ3n) is 3.54. The second-order valence-electron chi connectivity index (χ2n) is 4.85. The number of H-pyrrole nitrogens is 1. The number of nitrogens with one attached hydrogen (secondary N) is 1. The van der Waals surface area contributed by atoms with Crippen LogP contribution in [0.5, 0.6) is 0 Å². The number of piperazine rings is 1. The van der Waals surface area contributed by atoms with Gasteiger partial charge in [0.25, 0.3) is 5.91 Å². The minimum absolute atomic E-state index is 0.0297. The van der Waals surface area contributed by atoms with Crippen molar-refractivity contribution in [1.82, 2.24) is 14.8 Å². The Bertz CT molecular complexity index is 504. The van der Waals surface area contributed by atoms with Crippen molar-refractivity contribution in [3.8, 4) is 0 Å². The van der Waals surface area contributed by atoms with Crippen molar-refractivity contribution in [2.45, 2.75) is 12.8 Å². The molecule has 21 heavy (non-hydrogen) atoms. The highest BCUT2D eigenvalue weighted by molar-refractivity contribution is 5.94. The molecule has 1 aromatic rings. The maximum absolute atomic E-state index is 12.1. The van der Waals surface area contributed by atoms with Crippen molar-refractivity contribution in [1.29, 1.82) is 0 Å². The number of esters is 1. The van der Waals surface area contributed by atoms with E-state index in [-0.39, 0.29) is 30.6 Å². The molecule has 0 aromatic carbocycles. The van der Waals surface area contributed by atoms with Crippen LogP contribution in [0, 0.1) is 0 Å². The highest BCUT2D eigenvalue weighted by Gasteiger charge is 2.25. The number of hydrogen-bond acceptors (Lipinski definition) is 4. The van der Waals surface area contributed by atoms with Crippen LogP contribution in [-0.4, -0.2) is 65.9 Å². The molecule has 7 heteroatoms. The molecule has 2 rings (SSSR count). The summed E-state index contributed by atoms with van der Waals surface area (Å²) in [6, 6.07) is 1.73. The third-order valence-corrected chi connectivity index (χ3v) is 3.54. The number of ether oxygens (including phenoxy) is 1. The van der Waals surface area contributed by atoms with Crippen molar-refractivity contribution >= 4 is 17.8 Å². The summed E-state index contributed by atoms with van der Waals surface area (Å²) in [6.45, 7) is 2.01. The van der Waals surface area contributed by atoms with Gasteiger partial charge in [0.2, 0.25) is 5.91 Å². The molecule has 1 N–H and O–H groups in total. The van der Waals surface area contributed by atoms with Gasteiger partial charge in [-0.1, -0.05) is 0 Å². The molecule has 1 fully saturated rings. The number of methoxy groups -OCH3 is 1. The first-order valence-electron chi connectivity index (χ1n) is 6.88. The Hall–Kier alpha value is -2.31. The number of hydrogen-bond donors (Lipinski definition) is 1. The van der Waals surface area contributed by atoms with E-state index in [1.807, 2.05) is 0 Å². The smallest absolute Gasteiger partial charge is 0.306 e. The monoisotopic (exact) mass is 293 g/mol. The van der Waals surface area contributed by atoms with Crippen LogP contribution in [0.3, 0.4) is 0 Å². The lowest BCUT2D eigenvalue weighted by Crippen LogP contribution is -2.50. The number of carbonyl (C=O) groups excluding carboxylic acids is 3. The molecule has 1 aromatic heterocycles. The topological polar surface area (TPSA) is 82.7 Å². The fourth-order valence-corrected chi connectivity index (χ4v) is 2.27. The second kappa shape index (κ2) is 6.92. The summed E-state index contributed by atoms with van der Waals surface area (Å²) in [5.41, 5.74) is 0.625. The van der Waals surface area contributed by atoms with Gasteiger partial charge in [-0.05, 0) is 6.07 Å². The number of aromatic amines is 1. The van der Waals surface area contributed by atoms with Gasteiger partial charge in [0, 0.05) is 45.0 Å². The van der Waals surface area contributed by atoms with Crippen LogP contribution >= 0.6 is 0 Å². The predicted octanol–water partition coefficient (Wildman–Crippen LogP) is 0.252. The van der Waals surface area contributed by atoms with Gasteiger partial charge in [0.1, 0.15) is 0 Å². The molecular formula is C14H19N3O4. The lowest BCUT2D eigenvalue weighted by Gasteiger charge is -2.34. The first kappa shape index (κ1) is 15.1. The van der Waals surface area contributed by atoms with Crippen molar-refractivity contribution in [2.24, 2.45) is 0 Å². The Morgan fingerprint density at radius 1 is 1.14 bits per heavy atom. The van der Waals surface area contributed by atoms with Gasteiger partial charge in [-0.25, -0.2) is 0 Å². The van der Waals surface area contributed by atoms with Crippen LogP contribution in [-0.2, 0) is 14.3 Å². The first-order valence-corrected chi connectivity index (χ1v) is 6.88. The molecule has 7 nitrogen and oxygen atoms in total. The zero-order valence-corrected chi connectivity index (χ0v) is 12.0. The zero-order chi connectivity index (χ0) is 15.2. The summed E-state index contributed by atoms with van der Waals surface area (Å²) in [5, 5.41) is 0. The highest BCUT2D eigenvalue weighted by atomic mass is 16.5. The van der Waals surface area contributed by atoms with E-state index < -0.39 is 0 Å². The van der Waals surface area contributed by atoms with Crippen molar-refractivity contribution in [3.05, 3.63) is 24.0 Å². The van der Waals surface area contributed by atoms with Crippen LogP contribution in [0.4, 0.5) is 0 Å². The molecule has 2 heterocycles. The molecule has 0 unspecified atom stereocenters. The molecule has 0 radical (unpaired) electrons. The minimum atomic E-state index is -0.385. The Morgan fingerprint density at radius 3 is 2.38 bits per heavy atom. The predicted molar refractivity (Wildman–Crippen MR) is 74.5 cm³/mol. The second-order valence-corrected chi connectivity index (χ2v) is 4.85. The summed E-state index contributed by atoms with van der Waals surface area (Å²) in [4.78, 5) is 41.4. The average molecular weight is 293 g/mol. The van der Waals surface area contributed by atoms with Crippen molar-refractivity contribution < 1.29 is 19.1 Å². The molecule has 1 saturated heterocycles. The summed E-state index contributed by atoms with van der Waals surface area (Å²) < 4.78 is 4.51. The number of amides is 2. The van der Waals surface area contributed by atoms with Crippen molar-refractivity contribution in [3.63, 3.8) is 0 Å². The average Bonchev–Trinajstić information content (AvgIpc) is 3.06. The maximum atomic E-state index is 12.1. The lowest BCUT2D eigenvalue weighted by atomic mass is 10.2. The Labute approximate surface area is 122 Å². The molecule has 0 spiro atoms. The van der Waals surface area contributed by atoms with Crippen LogP contribution in [0.25, 0.3) is 0 Å². The molecule has 114 valence electrons. The molecule has 0 saturated carbocycles. The summed E-state index contributed by atoms with van der Waals surface area (Å²) >= 11 is 0. The first-order chi connectivity index (χ1) is 10.1. The van der Waals surface area contributed by atoms with Gasteiger partial charge in [-0.3, -0.25) is 14.4 Å². The van der Waals surface area contributed by atoms with Crippen LogP contribution in [0.15, 0.2) is 18.5 Å². The fourth-order valence-electron chi connectivity index (χ4n) is 2.27. The van der Waals surface area contributed by atoms with E-state index in [1.54, 1.807) is 28.3 Å². The Balaban J connectivity index is 1.79. The van der Waals surface area contributed by atoms with Gasteiger partial charge in [0.05, 0.1) is 19.1 Å². The number of carbonyl (C=O) groups is 3. The molecular weight excluding hydrogens is 274 g/mol. The van der Waals surface area contributed by atoms with Crippen LogP contribution < -0.4 is 0 Å². The molecule has 0 bridgehead atoms. The van der Waals surface area contributed by atoms with Gasteiger partial charge in [0.15, 0.2) is 0 Å². The van der Waals surface area contributed by atoms with E-state index in [1.165, 1.54) is 7.11 Å². The summed E-state index contributed by atoms with van der Waals surface area (Å²) in [5.74, 6) is -0.489. The van der Waals surface area contributed by atoms with E-state index in [0.29, 0.717) is 31.7 Å². The Kier molecular flexibility index (Phi) is 4.97. The van der Waals surface area contributed by atoms with E-state index in [9.17, 15) is 14.4 Å². The van der Waals surface area contributed by atoms with E-state index in [4.69, 9.17) is 0 Å². The largest absolute Gasteiger partial charge is 0.469 e. The maximum Gasteiger partial charge on any atom is 0.306 e. The SMILES string of the molecule is COC(=O)CCC(=O)N1CCN(C(=O)c2cc[nH]c2)CC1. The van der Waals surface area contributed by atoms with Crippen molar-refractivity contribution in [2.75, 3.05) is 33.3 Å². The molecule has 0 atom stereocenters. The normalized spacial score (nSPS) is 14.9. The number of nitrogens with zero attached hydrogens (tertiary/aromatic N) is 2. The molecule has 1 aliphatic heterocycles. The minimum Gasteiger partial charge on any atom is -0.469 e. The zero-order valence-electron chi connectivity index (χ0n) is 12.0. The van der Waals surface area contributed by atoms with Crippen LogP contribution in [0.2, 0.25) is 0 Å². The van der Waals surface area contributed by atoms with E-state index in [0.717, 1.165) is 0 Å². The van der Waals surface area contributed by atoms with E-state index in [2.05, 4.69) is 9.72 Å². The third kappa shape index (κ3) is 3.84. The number of aromatic nitrogens is 1. The molecule has 1 aliphatic rings. The molecule has 2 amide bonds. The number of rotatable bonds is 4. The fraction of sp³-hybridized carbons (Fsp3) is 0.500.